The first-order chi connectivity index (χ1) is 16.9. The smallest absolute Gasteiger partial charge is 0.254 e. The molecule has 1 fully saturated rings. The fraction of sp³-hybridized carbons (Fsp3) is 0.231. The Morgan fingerprint density at radius 2 is 1.71 bits per heavy atom. The van der Waals surface area contributed by atoms with Gasteiger partial charge in [-0.05, 0) is 47.8 Å². The summed E-state index contributed by atoms with van der Waals surface area (Å²) in [5, 5.41) is 19.5. The van der Waals surface area contributed by atoms with Gasteiger partial charge in [-0.25, -0.2) is 9.29 Å². The van der Waals surface area contributed by atoms with E-state index >= 15 is 0 Å². The van der Waals surface area contributed by atoms with E-state index in [4.69, 9.17) is 11.6 Å². The molecule has 1 amide bonds. The molecule has 0 aliphatic carbocycles. The van der Waals surface area contributed by atoms with Crippen LogP contribution in [0.25, 0.3) is 11.1 Å². The summed E-state index contributed by atoms with van der Waals surface area (Å²) in [6, 6.07) is 19.1. The minimum atomic E-state index is -0.166. The zero-order valence-corrected chi connectivity index (χ0v) is 21.0. The number of piperazine rings is 1. The van der Waals surface area contributed by atoms with Crippen molar-refractivity contribution in [3.8, 4) is 23.3 Å². The topological polar surface area (TPSA) is 87.3 Å². The number of anilines is 1. The van der Waals surface area contributed by atoms with E-state index in [1.807, 2.05) is 36.4 Å². The molecule has 35 heavy (non-hydrogen) atoms. The number of hydrogen-bond acceptors (Lipinski definition) is 7. The van der Waals surface area contributed by atoms with Gasteiger partial charge in [-0.1, -0.05) is 29.8 Å². The first-order valence-electron chi connectivity index (χ1n) is 11.0. The molecule has 0 N–H and O–H groups in total. The van der Waals surface area contributed by atoms with Crippen LogP contribution >= 0.6 is 23.5 Å². The van der Waals surface area contributed by atoms with Crippen LogP contribution in [0.1, 0.15) is 21.5 Å². The molecular formula is C26H23ClN6OS. The van der Waals surface area contributed by atoms with Crippen LogP contribution in [-0.2, 0) is 0 Å². The van der Waals surface area contributed by atoms with Gasteiger partial charge in [-0.3, -0.25) is 4.79 Å². The van der Waals surface area contributed by atoms with Crippen molar-refractivity contribution in [1.29, 1.82) is 10.5 Å². The Kier molecular flexibility index (Phi) is 7.57. The summed E-state index contributed by atoms with van der Waals surface area (Å²) >= 11 is 7.96. The maximum atomic E-state index is 12.3. The molecule has 7 nitrogen and oxygen atoms in total. The molecule has 0 atom stereocenters. The highest BCUT2D eigenvalue weighted by Crippen LogP contribution is 2.31. The molecule has 0 spiro atoms. The Morgan fingerprint density at radius 3 is 2.37 bits per heavy atom. The van der Waals surface area contributed by atoms with Gasteiger partial charge in [0.15, 0.2) is 0 Å². The van der Waals surface area contributed by atoms with Crippen LogP contribution in [0, 0.1) is 22.7 Å². The first-order valence-corrected chi connectivity index (χ1v) is 12.1. The Labute approximate surface area is 214 Å². The summed E-state index contributed by atoms with van der Waals surface area (Å²) in [6.07, 6.45) is 1.74. The molecule has 176 valence electrons. The largest absolute Gasteiger partial charge is 0.353 e. The van der Waals surface area contributed by atoms with Gasteiger partial charge < -0.3 is 9.80 Å². The van der Waals surface area contributed by atoms with Crippen molar-refractivity contribution in [3.05, 3.63) is 76.4 Å². The highest BCUT2D eigenvalue weighted by molar-refractivity contribution is 7.97. The normalized spacial score (nSPS) is 13.7. The van der Waals surface area contributed by atoms with Gasteiger partial charge in [-0.2, -0.15) is 10.5 Å². The summed E-state index contributed by atoms with van der Waals surface area (Å²) in [5.41, 5.74) is 3.14. The van der Waals surface area contributed by atoms with E-state index in [1.165, 1.54) is 4.90 Å². The predicted octanol–water partition coefficient (Wildman–Crippen LogP) is 4.68. The van der Waals surface area contributed by atoms with Crippen LogP contribution in [0.2, 0.25) is 5.02 Å². The van der Waals surface area contributed by atoms with E-state index in [0.29, 0.717) is 27.5 Å². The predicted molar refractivity (Wildman–Crippen MR) is 138 cm³/mol. The molecule has 4 rings (SSSR count). The molecular weight excluding hydrogens is 480 g/mol. The van der Waals surface area contributed by atoms with Gasteiger partial charge in [0.25, 0.3) is 5.91 Å². The third-order valence-corrected chi connectivity index (χ3v) is 7.19. The summed E-state index contributed by atoms with van der Waals surface area (Å²) in [4.78, 5) is 21.4. The van der Waals surface area contributed by atoms with Gasteiger partial charge in [0.1, 0.15) is 18.0 Å². The lowest BCUT2D eigenvalue weighted by molar-refractivity contribution is 0.0828. The zero-order valence-electron chi connectivity index (χ0n) is 19.4. The van der Waals surface area contributed by atoms with Crippen LogP contribution in [0.3, 0.4) is 0 Å². The fourth-order valence-electron chi connectivity index (χ4n) is 3.83. The summed E-state index contributed by atoms with van der Waals surface area (Å²) in [6.45, 7) is 2.98. The molecule has 1 aliphatic rings. The number of pyridine rings is 1. The quantitative estimate of drug-likeness (QED) is 0.468. The fourth-order valence-corrected chi connectivity index (χ4v) is 5.06. The number of carbonyl (C=O) groups is 1. The molecule has 9 heteroatoms. The number of hydrogen-bond donors (Lipinski definition) is 0. The van der Waals surface area contributed by atoms with Crippen molar-refractivity contribution in [1.82, 2.24) is 14.2 Å². The second kappa shape index (κ2) is 10.8. The van der Waals surface area contributed by atoms with E-state index in [9.17, 15) is 15.3 Å². The number of nitrogens with zero attached hydrogens (tertiary/aromatic N) is 6. The highest BCUT2D eigenvalue weighted by Gasteiger charge is 2.22. The van der Waals surface area contributed by atoms with Crippen molar-refractivity contribution < 1.29 is 4.79 Å². The van der Waals surface area contributed by atoms with Crippen LogP contribution in [0.5, 0.6) is 0 Å². The average Bonchev–Trinajstić information content (AvgIpc) is 2.88. The Morgan fingerprint density at radius 1 is 1.00 bits per heavy atom. The van der Waals surface area contributed by atoms with Gasteiger partial charge in [-0.15, -0.1) is 0 Å². The molecule has 2 heterocycles. The van der Waals surface area contributed by atoms with Crippen molar-refractivity contribution in [3.63, 3.8) is 0 Å². The molecule has 1 saturated heterocycles. The molecule has 0 unspecified atom stereocenters. The lowest BCUT2D eigenvalue weighted by Gasteiger charge is -2.35. The standard InChI is InChI=1S/C26H23ClN6OS/c1-31(2)26(34)22-8-7-18(14-23(22)27)21-13-20(16-29)25(30-17-21)32-9-11-33(12-10-32)35-24-6-4-3-5-19(24)15-28/h3-8,13-14,17H,9-12H2,1-2H3. The summed E-state index contributed by atoms with van der Waals surface area (Å²) < 4.78 is 2.23. The van der Waals surface area contributed by atoms with Crippen LogP contribution in [-0.4, -0.2) is 60.4 Å². The van der Waals surface area contributed by atoms with Gasteiger partial charge >= 0.3 is 0 Å². The number of nitriles is 2. The third-order valence-electron chi connectivity index (χ3n) is 5.70. The number of amides is 1. The molecule has 0 bridgehead atoms. The van der Waals surface area contributed by atoms with E-state index in [2.05, 4.69) is 26.3 Å². The number of aromatic nitrogens is 1. The van der Waals surface area contributed by atoms with Crippen molar-refractivity contribution in [2.24, 2.45) is 0 Å². The molecule has 0 radical (unpaired) electrons. The summed E-state index contributed by atoms with van der Waals surface area (Å²) in [7, 11) is 3.36. The number of rotatable bonds is 5. The van der Waals surface area contributed by atoms with Crippen molar-refractivity contribution in [2.45, 2.75) is 4.90 Å². The molecule has 0 saturated carbocycles. The van der Waals surface area contributed by atoms with Gasteiger partial charge in [0, 0.05) is 56.9 Å². The maximum absolute atomic E-state index is 12.3. The number of halogens is 1. The Hall–Kier alpha value is -3.56. The molecule has 3 aromatic rings. The van der Waals surface area contributed by atoms with Crippen LogP contribution in [0.15, 0.2) is 59.6 Å². The minimum Gasteiger partial charge on any atom is -0.353 e. The second-order valence-electron chi connectivity index (χ2n) is 8.22. The van der Waals surface area contributed by atoms with Crippen molar-refractivity contribution in [2.75, 3.05) is 45.2 Å². The Balaban J connectivity index is 1.48. The number of benzene rings is 2. The van der Waals surface area contributed by atoms with E-state index in [0.717, 1.165) is 42.2 Å². The SMILES string of the molecule is CN(C)C(=O)c1ccc(-c2cnc(N3CCN(Sc4ccccc4C#N)CC3)c(C#N)c2)cc1Cl. The van der Waals surface area contributed by atoms with E-state index < -0.39 is 0 Å². The van der Waals surface area contributed by atoms with Crippen LogP contribution in [0.4, 0.5) is 5.82 Å². The lowest BCUT2D eigenvalue weighted by Crippen LogP contribution is -2.44. The second-order valence-corrected chi connectivity index (χ2v) is 9.76. The maximum Gasteiger partial charge on any atom is 0.254 e. The molecule has 1 aromatic heterocycles. The lowest BCUT2D eigenvalue weighted by atomic mass is 10.0. The number of carbonyl (C=O) groups excluding carboxylic acids is 1. The zero-order chi connectivity index (χ0) is 24.9. The summed E-state index contributed by atoms with van der Waals surface area (Å²) in [5.74, 6) is 0.491. The Bertz CT molecular complexity index is 1340. The van der Waals surface area contributed by atoms with Gasteiger partial charge in [0.2, 0.25) is 0 Å². The molecule has 2 aromatic carbocycles. The first kappa shape index (κ1) is 24.6. The highest BCUT2D eigenvalue weighted by atomic mass is 35.5. The van der Waals surface area contributed by atoms with Gasteiger partial charge in [0.05, 0.1) is 21.7 Å². The minimum absolute atomic E-state index is 0.166. The van der Waals surface area contributed by atoms with E-state index in [-0.39, 0.29) is 5.91 Å². The third kappa shape index (κ3) is 5.41. The van der Waals surface area contributed by atoms with E-state index in [1.54, 1.807) is 44.4 Å². The van der Waals surface area contributed by atoms with Crippen molar-refractivity contribution >= 4 is 35.3 Å². The average molecular weight is 503 g/mol. The molecule has 1 aliphatic heterocycles. The monoisotopic (exact) mass is 502 g/mol. The van der Waals surface area contributed by atoms with Crippen LogP contribution < -0.4 is 4.90 Å².